The molecule has 1 aromatic rings. The monoisotopic (exact) mass is 225 g/mol. The second-order valence-electron chi connectivity index (χ2n) is 4.91. The minimum absolute atomic E-state index is 0.00562. The minimum Gasteiger partial charge on any atom is -0.478 e. The van der Waals surface area contributed by atoms with Gasteiger partial charge in [-0.2, -0.15) is 0 Å². The molecule has 1 rings (SSSR count). The minimum atomic E-state index is -1.06. The molecule has 0 aliphatic rings. The summed E-state index contributed by atoms with van der Waals surface area (Å²) in [5.74, 6) is -1.49. The van der Waals surface area contributed by atoms with Gasteiger partial charge >= 0.3 is 5.97 Å². The van der Waals surface area contributed by atoms with Gasteiger partial charge in [0.05, 0.1) is 11.3 Å². The fourth-order valence-electron chi connectivity index (χ4n) is 1.15. The quantitative estimate of drug-likeness (QED) is 0.831. The van der Waals surface area contributed by atoms with Crippen molar-refractivity contribution in [1.82, 2.24) is 0 Å². The lowest BCUT2D eigenvalue weighted by Gasteiger charge is -2.20. The van der Waals surface area contributed by atoms with Crippen LogP contribution in [0.3, 0.4) is 0 Å². The van der Waals surface area contributed by atoms with E-state index in [1.807, 2.05) is 20.8 Å². The molecule has 0 aliphatic heterocycles. The lowest BCUT2D eigenvalue weighted by Crippen LogP contribution is -2.19. The Kier molecular flexibility index (Phi) is 3.52. The molecule has 4 heteroatoms. The predicted molar refractivity (Wildman–Crippen MR) is 61.3 cm³/mol. The molecule has 0 bridgehead atoms. The summed E-state index contributed by atoms with van der Waals surface area (Å²) in [6.45, 7) is 6.61. The van der Waals surface area contributed by atoms with Crippen molar-refractivity contribution in [3.8, 4) is 0 Å². The molecule has 0 saturated heterocycles. The number of carboxylic acids is 1. The zero-order valence-electron chi connectivity index (χ0n) is 9.67. The number of hydrogen-bond donors (Lipinski definition) is 2. The van der Waals surface area contributed by atoms with Crippen LogP contribution in [0.15, 0.2) is 18.2 Å². The number of halogens is 1. The zero-order valence-corrected chi connectivity index (χ0v) is 9.67. The molecular weight excluding hydrogens is 209 g/mol. The molecule has 3 nitrogen and oxygen atoms in total. The summed E-state index contributed by atoms with van der Waals surface area (Å²) in [4.78, 5) is 10.7. The largest absolute Gasteiger partial charge is 0.478 e. The molecule has 0 unspecified atom stereocenters. The molecule has 1 aromatic carbocycles. The number of carbonyl (C=O) groups is 1. The molecule has 16 heavy (non-hydrogen) atoms. The van der Waals surface area contributed by atoms with E-state index >= 15 is 0 Å². The second kappa shape index (κ2) is 4.51. The number of benzene rings is 1. The van der Waals surface area contributed by atoms with E-state index in [1.54, 1.807) is 0 Å². The molecular formula is C12H16FNO2. The van der Waals surface area contributed by atoms with Crippen molar-refractivity contribution in [3.63, 3.8) is 0 Å². The Morgan fingerprint density at radius 2 is 2.06 bits per heavy atom. The molecule has 0 fully saturated rings. The van der Waals surface area contributed by atoms with Gasteiger partial charge in [-0.1, -0.05) is 20.8 Å². The molecule has 0 heterocycles. The summed E-state index contributed by atoms with van der Waals surface area (Å²) in [5, 5.41) is 11.7. The third-order valence-corrected chi connectivity index (χ3v) is 2.02. The standard InChI is InChI=1S/C12H16FNO2/c1-12(2,3)7-14-10-6-8(11(15)16)4-5-9(10)13/h4-6,14H,7H2,1-3H3,(H,15,16). The summed E-state index contributed by atoms with van der Waals surface area (Å²) >= 11 is 0. The molecule has 0 amide bonds. The van der Waals surface area contributed by atoms with Crippen molar-refractivity contribution < 1.29 is 14.3 Å². The van der Waals surface area contributed by atoms with Gasteiger partial charge in [-0.25, -0.2) is 9.18 Å². The molecule has 2 N–H and O–H groups in total. The second-order valence-corrected chi connectivity index (χ2v) is 4.91. The Hall–Kier alpha value is -1.58. The third-order valence-electron chi connectivity index (χ3n) is 2.02. The summed E-state index contributed by atoms with van der Waals surface area (Å²) < 4.78 is 13.4. The number of hydrogen-bond acceptors (Lipinski definition) is 2. The van der Waals surface area contributed by atoms with Crippen LogP contribution < -0.4 is 5.32 Å². The van der Waals surface area contributed by atoms with E-state index in [-0.39, 0.29) is 16.7 Å². The Morgan fingerprint density at radius 1 is 1.44 bits per heavy atom. The lowest BCUT2D eigenvalue weighted by molar-refractivity contribution is 0.0697. The van der Waals surface area contributed by atoms with Gasteiger partial charge < -0.3 is 10.4 Å². The van der Waals surface area contributed by atoms with Crippen LogP contribution in [0.4, 0.5) is 10.1 Å². The fourth-order valence-corrected chi connectivity index (χ4v) is 1.15. The van der Waals surface area contributed by atoms with E-state index in [0.717, 1.165) is 6.07 Å². The van der Waals surface area contributed by atoms with Crippen molar-refractivity contribution in [2.24, 2.45) is 5.41 Å². The highest BCUT2D eigenvalue weighted by atomic mass is 19.1. The number of rotatable bonds is 3. The predicted octanol–water partition coefficient (Wildman–Crippen LogP) is 2.98. The van der Waals surface area contributed by atoms with Crippen LogP contribution in [0.25, 0.3) is 0 Å². The normalized spacial score (nSPS) is 11.2. The van der Waals surface area contributed by atoms with E-state index in [9.17, 15) is 9.18 Å². The van der Waals surface area contributed by atoms with Crippen LogP contribution >= 0.6 is 0 Å². The summed E-state index contributed by atoms with van der Waals surface area (Å²) in [6, 6.07) is 3.72. The van der Waals surface area contributed by atoms with Crippen LogP contribution in [0.5, 0.6) is 0 Å². The Bertz CT molecular complexity index is 396. The number of nitrogens with one attached hydrogen (secondary N) is 1. The highest BCUT2D eigenvalue weighted by Crippen LogP contribution is 2.19. The van der Waals surface area contributed by atoms with Gasteiger partial charge in [-0.3, -0.25) is 0 Å². The topological polar surface area (TPSA) is 49.3 Å². The number of carboxylic acid groups (broad SMARTS) is 1. The Morgan fingerprint density at radius 3 is 2.56 bits per heavy atom. The van der Waals surface area contributed by atoms with E-state index in [4.69, 9.17) is 5.11 Å². The van der Waals surface area contributed by atoms with Crippen molar-refractivity contribution in [3.05, 3.63) is 29.6 Å². The van der Waals surface area contributed by atoms with Gasteiger partial charge in [0.1, 0.15) is 5.82 Å². The smallest absolute Gasteiger partial charge is 0.335 e. The molecule has 0 aliphatic carbocycles. The average molecular weight is 225 g/mol. The molecule has 0 aromatic heterocycles. The summed E-state index contributed by atoms with van der Waals surface area (Å²) in [7, 11) is 0. The first-order chi connectivity index (χ1) is 7.29. The highest BCUT2D eigenvalue weighted by molar-refractivity contribution is 5.88. The molecule has 0 atom stereocenters. The molecule has 0 spiro atoms. The summed E-state index contributed by atoms with van der Waals surface area (Å²) in [5.41, 5.74) is 0.318. The van der Waals surface area contributed by atoms with Crippen LogP contribution in [-0.2, 0) is 0 Å². The summed E-state index contributed by atoms with van der Waals surface area (Å²) in [6.07, 6.45) is 0. The van der Waals surface area contributed by atoms with Crippen LogP contribution in [0, 0.1) is 11.2 Å². The van der Waals surface area contributed by atoms with Gasteiger partial charge in [0, 0.05) is 6.54 Å². The number of aromatic carboxylic acids is 1. The first-order valence-electron chi connectivity index (χ1n) is 5.06. The third kappa shape index (κ3) is 3.53. The maximum absolute atomic E-state index is 13.4. The highest BCUT2D eigenvalue weighted by Gasteiger charge is 2.12. The Labute approximate surface area is 94.3 Å². The molecule has 0 radical (unpaired) electrons. The molecule has 88 valence electrons. The maximum Gasteiger partial charge on any atom is 0.335 e. The van der Waals surface area contributed by atoms with Gasteiger partial charge in [0.15, 0.2) is 0 Å². The van der Waals surface area contributed by atoms with Gasteiger partial charge in [-0.15, -0.1) is 0 Å². The van der Waals surface area contributed by atoms with Crippen molar-refractivity contribution >= 4 is 11.7 Å². The first-order valence-corrected chi connectivity index (χ1v) is 5.06. The fraction of sp³-hybridized carbons (Fsp3) is 0.417. The maximum atomic E-state index is 13.4. The van der Waals surface area contributed by atoms with E-state index in [1.165, 1.54) is 12.1 Å². The van der Waals surface area contributed by atoms with Crippen LogP contribution in [-0.4, -0.2) is 17.6 Å². The first kappa shape index (κ1) is 12.5. The van der Waals surface area contributed by atoms with Gasteiger partial charge in [-0.05, 0) is 23.6 Å². The average Bonchev–Trinajstić information content (AvgIpc) is 2.14. The lowest BCUT2D eigenvalue weighted by atomic mass is 9.97. The van der Waals surface area contributed by atoms with Crippen LogP contribution in [0.1, 0.15) is 31.1 Å². The van der Waals surface area contributed by atoms with Crippen molar-refractivity contribution in [2.45, 2.75) is 20.8 Å². The van der Waals surface area contributed by atoms with Crippen LogP contribution in [0.2, 0.25) is 0 Å². The number of anilines is 1. The van der Waals surface area contributed by atoms with Crippen molar-refractivity contribution in [2.75, 3.05) is 11.9 Å². The Balaban J connectivity index is 2.86. The van der Waals surface area contributed by atoms with E-state index in [2.05, 4.69) is 5.32 Å². The van der Waals surface area contributed by atoms with E-state index in [0.29, 0.717) is 6.54 Å². The van der Waals surface area contributed by atoms with Crippen molar-refractivity contribution in [1.29, 1.82) is 0 Å². The zero-order chi connectivity index (χ0) is 12.3. The van der Waals surface area contributed by atoms with Gasteiger partial charge in [0.2, 0.25) is 0 Å². The molecule has 0 saturated carbocycles. The van der Waals surface area contributed by atoms with Gasteiger partial charge in [0.25, 0.3) is 0 Å². The van der Waals surface area contributed by atoms with E-state index < -0.39 is 11.8 Å². The SMILES string of the molecule is CC(C)(C)CNc1cc(C(=O)O)ccc1F.